The van der Waals surface area contributed by atoms with Crippen LogP contribution in [0.25, 0.3) is 33.5 Å². The fourth-order valence-electron chi connectivity index (χ4n) is 4.82. The molecule has 2 aromatic heterocycles. The average Bonchev–Trinajstić information content (AvgIpc) is 3.50. The summed E-state index contributed by atoms with van der Waals surface area (Å²) in [6.45, 7) is 0.331. The molecular weight excluding hydrogens is 420 g/mol. The summed E-state index contributed by atoms with van der Waals surface area (Å²) in [5.74, 6) is -0.883. The monoisotopic (exact) mass is 440 g/mol. The molecule has 1 fully saturated rings. The van der Waals surface area contributed by atoms with Crippen molar-refractivity contribution in [2.24, 2.45) is 7.05 Å². The van der Waals surface area contributed by atoms with Gasteiger partial charge in [-0.1, -0.05) is 6.07 Å². The van der Waals surface area contributed by atoms with Crippen molar-refractivity contribution in [1.29, 1.82) is 0 Å². The lowest BCUT2D eigenvalue weighted by atomic mass is 10.00. The minimum Gasteiger partial charge on any atom is -0.464 e. The van der Waals surface area contributed by atoms with E-state index in [4.69, 9.17) is 4.42 Å². The molecule has 2 aliphatic rings. The zero-order valence-electron chi connectivity index (χ0n) is 17.9. The van der Waals surface area contributed by atoms with Crippen molar-refractivity contribution >= 4 is 28.7 Å². The van der Waals surface area contributed by atoms with Crippen molar-refractivity contribution in [3.8, 4) is 22.5 Å². The van der Waals surface area contributed by atoms with Crippen molar-refractivity contribution in [3.05, 3.63) is 66.2 Å². The number of nitrogens with zero attached hydrogens (tertiary/aromatic N) is 3. The first-order valence-corrected chi connectivity index (χ1v) is 10.8. The Morgan fingerprint density at radius 2 is 1.91 bits per heavy atom. The van der Waals surface area contributed by atoms with Gasteiger partial charge in [-0.2, -0.15) is 0 Å². The van der Waals surface area contributed by atoms with E-state index < -0.39 is 11.9 Å². The highest BCUT2D eigenvalue weighted by Crippen LogP contribution is 2.36. The maximum atomic E-state index is 13.0. The van der Waals surface area contributed by atoms with Crippen LogP contribution in [0.5, 0.6) is 0 Å². The number of furan rings is 1. The molecule has 164 valence electrons. The van der Waals surface area contributed by atoms with Gasteiger partial charge in [0.05, 0.1) is 24.0 Å². The summed E-state index contributed by atoms with van der Waals surface area (Å²) in [6.07, 6.45) is 4.03. The number of carbonyl (C=O) groups is 3. The Morgan fingerprint density at radius 3 is 2.76 bits per heavy atom. The number of aryl methyl sites for hydroxylation is 1. The fourth-order valence-corrected chi connectivity index (χ4v) is 4.82. The second kappa shape index (κ2) is 7.16. The number of fused-ring (bicyclic) bond motifs is 2. The summed E-state index contributed by atoms with van der Waals surface area (Å²) in [5.41, 5.74) is 5.95. The lowest BCUT2D eigenvalue weighted by molar-refractivity contribution is -0.136. The Morgan fingerprint density at radius 1 is 1.06 bits per heavy atom. The number of rotatable bonds is 3. The summed E-state index contributed by atoms with van der Waals surface area (Å²) in [7, 11) is 1.95. The molecule has 2 aliphatic heterocycles. The number of amides is 3. The van der Waals surface area contributed by atoms with E-state index in [0.29, 0.717) is 18.5 Å². The number of imide groups is 1. The van der Waals surface area contributed by atoms with Gasteiger partial charge in [-0.3, -0.25) is 19.7 Å². The first-order chi connectivity index (χ1) is 16.0. The van der Waals surface area contributed by atoms with Crippen LogP contribution in [0, 0.1) is 0 Å². The van der Waals surface area contributed by atoms with E-state index in [0.717, 1.165) is 39.0 Å². The summed E-state index contributed by atoms with van der Waals surface area (Å²) in [5, 5.41) is 3.35. The Balaban J connectivity index is 1.36. The molecule has 33 heavy (non-hydrogen) atoms. The van der Waals surface area contributed by atoms with Crippen molar-refractivity contribution in [1.82, 2.24) is 19.8 Å². The van der Waals surface area contributed by atoms with Gasteiger partial charge in [0.15, 0.2) is 0 Å². The third-order valence-corrected chi connectivity index (χ3v) is 6.46. The first-order valence-electron chi connectivity index (χ1n) is 10.8. The SMILES string of the molecule is Cn1cnc(-c2ccc3c(c2)CN([C@H]2CCC(=O)NC2=O)C3=O)c1-c1ccc2occc2c1. The third kappa shape index (κ3) is 3.06. The van der Waals surface area contributed by atoms with Crippen molar-refractivity contribution in [3.63, 3.8) is 0 Å². The number of hydrogen-bond acceptors (Lipinski definition) is 5. The number of carbonyl (C=O) groups excluding carboxylic acids is 3. The molecule has 1 atom stereocenters. The number of imidazole rings is 1. The molecule has 6 rings (SSSR count). The topological polar surface area (TPSA) is 97.4 Å². The summed E-state index contributed by atoms with van der Waals surface area (Å²) in [6, 6.07) is 13.0. The molecule has 0 saturated carbocycles. The normalized spacial score (nSPS) is 18.2. The van der Waals surface area contributed by atoms with E-state index in [1.807, 2.05) is 41.9 Å². The number of nitrogens with one attached hydrogen (secondary N) is 1. The van der Waals surface area contributed by atoms with Crippen molar-refractivity contribution < 1.29 is 18.8 Å². The Hall–Kier alpha value is -4.20. The van der Waals surface area contributed by atoms with Crippen LogP contribution >= 0.6 is 0 Å². The van der Waals surface area contributed by atoms with Gasteiger partial charge in [0.1, 0.15) is 11.6 Å². The van der Waals surface area contributed by atoms with Crippen LogP contribution in [0.4, 0.5) is 0 Å². The maximum absolute atomic E-state index is 13.0. The third-order valence-electron chi connectivity index (χ3n) is 6.46. The minimum atomic E-state index is -0.627. The lowest BCUT2D eigenvalue weighted by Gasteiger charge is -2.29. The average molecular weight is 440 g/mol. The zero-order chi connectivity index (χ0) is 22.7. The largest absolute Gasteiger partial charge is 0.464 e. The summed E-state index contributed by atoms with van der Waals surface area (Å²) >= 11 is 0. The van der Waals surface area contributed by atoms with E-state index in [1.54, 1.807) is 23.6 Å². The molecule has 1 N–H and O–H groups in total. The molecule has 3 amide bonds. The number of hydrogen-bond donors (Lipinski definition) is 1. The molecule has 8 heteroatoms. The van der Waals surface area contributed by atoms with Gasteiger partial charge in [0.2, 0.25) is 11.8 Å². The zero-order valence-corrected chi connectivity index (χ0v) is 17.9. The predicted octanol–water partition coefficient (Wildman–Crippen LogP) is 3.26. The molecule has 1 saturated heterocycles. The smallest absolute Gasteiger partial charge is 0.255 e. The van der Waals surface area contributed by atoms with Crippen LogP contribution in [-0.2, 0) is 23.2 Å². The second-order valence-electron chi connectivity index (χ2n) is 8.50. The van der Waals surface area contributed by atoms with Gasteiger partial charge in [-0.05, 0) is 48.4 Å². The highest BCUT2D eigenvalue weighted by molar-refractivity contribution is 6.05. The van der Waals surface area contributed by atoms with Gasteiger partial charge in [-0.15, -0.1) is 0 Å². The summed E-state index contributed by atoms with van der Waals surface area (Å²) < 4.78 is 7.44. The van der Waals surface area contributed by atoms with Crippen LogP contribution in [0.1, 0.15) is 28.8 Å². The Bertz CT molecular complexity index is 1460. The first kappa shape index (κ1) is 19.5. The molecule has 8 nitrogen and oxygen atoms in total. The van der Waals surface area contributed by atoms with Crippen LogP contribution in [0.3, 0.4) is 0 Å². The molecule has 4 aromatic rings. The Kier molecular flexibility index (Phi) is 4.23. The number of aromatic nitrogens is 2. The fraction of sp³-hybridized carbons (Fsp3) is 0.200. The van der Waals surface area contributed by atoms with Crippen LogP contribution in [-0.4, -0.2) is 38.2 Å². The van der Waals surface area contributed by atoms with Crippen molar-refractivity contribution in [2.45, 2.75) is 25.4 Å². The number of piperidine rings is 1. The molecule has 0 radical (unpaired) electrons. The highest BCUT2D eigenvalue weighted by Gasteiger charge is 2.39. The maximum Gasteiger partial charge on any atom is 0.255 e. The molecule has 0 spiro atoms. The van der Waals surface area contributed by atoms with E-state index in [2.05, 4.69) is 16.4 Å². The molecular formula is C25H20N4O4. The standard InChI is InChI=1S/C25H20N4O4/c1-28-13-26-22(23(28)16-3-6-20-14(10-16)8-9-33-20)15-2-4-18-17(11-15)12-29(25(18)32)19-5-7-21(30)27-24(19)31/h2-4,6,8-11,13,19H,5,7,12H2,1H3,(H,27,30,31)/t19-/m0/s1. The van der Waals surface area contributed by atoms with Crippen LogP contribution in [0.15, 0.2) is 59.5 Å². The van der Waals surface area contributed by atoms with E-state index in [-0.39, 0.29) is 18.2 Å². The lowest BCUT2D eigenvalue weighted by Crippen LogP contribution is -2.52. The van der Waals surface area contributed by atoms with Gasteiger partial charge < -0.3 is 13.9 Å². The molecule has 2 aromatic carbocycles. The van der Waals surface area contributed by atoms with Gasteiger partial charge in [0, 0.05) is 42.1 Å². The molecule has 4 heterocycles. The van der Waals surface area contributed by atoms with Gasteiger partial charge in [-0.25, -0.2) is 4.98 Å². The summed E-state index contributed by atoms with van der Waals surface area (Å²) in [4.78, 5) is 43.0. The van der Waals surface area contributed by atoms with Crippen LogP contribution in [0.2, 0.25) is 0 Å². The minimum absolute atomic E-state index is 0.183. The highest BCUT2D eigenvalue weighted by atomic mass is 16.3. The molecule has 0 unspecified atom stereocenters. The quantitative estimate of drug-likeness (QED) is 0.493. The Labute approximate surface area is 188 Å². The van der Waals surface area contributed by atoms with Crippen LogP contribution < -0.4 is 5.32 Å². The molecule has 0 aliphatic carbocycles. The van der Waals surface area contributed by atoms with Gasteiger partial charge in [0.25, 0.3) is 5.91 Å². The van der Waals surface area contributed by atoms with Crippen molar-refractivity contribution in [2.75, 3.05) is 0 Å². The van der Waals surface area contributed by atoms with Gasteiger partial charge >= 0.3 is 0 Å². The molecule has 0 bridgehead atoms. The number of benzene rings is 2. The van der Waals surface area contributed by atoms with E-state index in [1.165, 1.54) is 0 Å². The van der Waals surface area contributed by atoms with E-state index >= 15 is 0 Å². The van der Waals surface area contributed by atoms with E-state index in [9.17, 15) is 14.4 Å². The predicted molar refractivity (Wildman–Crippen MR) is 120 cm³/mol. The second-order valence-corrected chi connectivity index (χ2v) is 8.50.